The number of rotatable bonds is 5. The fraction of sp³-hybridized carbons (Fsp3) is 0. The second kappa shape index (κ2) is 12.7. The van der Waals surface area contributed by atoms with E-state index in [-0.39, 0.29) is 0 Å². The van der Waals surface area contributed by atoms with E-state index in [2.05, 4.69) is 109 Å². The molecule has 0 aliphatic carbocycles. The van der Waals surface area contributed by atoms with Gasteiger partial charge in [-0.3, -0.25) is 0 Å². The number of hydrogen-bond donors (Lipinski definition) is 0. The molecule has 12 aromatic rings. The van der Waals surface area contributed by atoms with E-state index < -0.39 is 0 Å². The number of benzene rings is 7. The maximum absolute atomic E-state index is 6.41. The van der Waals surface area contributed by atoms with Crippen molar-refractivity contribution >= 4 is 85.1 Å². The van der Waals surface area contributed by atoms with Gasteiger partial charge in [-0.05, 0) is 36.4 Å². The van der Waals surface area contributed by atoms with Crippen LogP contribution in [0.2, 0.25) is 0 Å². The fourth-order valence-electron chi connectivity index (χ4n) is 7.92. The summed E-state index contributed by atoms with van der Waals surface area (Å²) in [5.41, 5.74) is 7.81. The van der Waals surface area contributed by atoms with Crippen molar-refractivity contribution in [2.24, 2.45) is 0 Å². The highest BCUT2D eigenvalue weighted by molar-refractivity contribution is 7.26. The van der Waals surface area contributed by atoms with Gasteiger partial charge >= 0.3 is 0 Å². The number of hydrogen-bond acceptors (Lipinski definition) is 8. The minimum Gasteiger partial charge on any atom is -0.452 e. The lowest BCUT2D eigenvalue weighted by Gasteiger charge is -2.10. The third kappa shape index (κ3) is 5.19. The maximum Gasteiger partial charge on any atom is 0.180 e. The van der Waals surface area contributed by atoms with Gasteiger partial charge in [-0.25, -0.2) is 24.9 Å². The van der Waals surface area contributed by atoms with Gasteiger partial charge in [0, 0.05) is 73.5 Å². The Morgan fingerprint density at radius 3 is 1.88 bits per heavy atom. The lowest BCUT2D eigenvalue weighted by molar-refractivity contribution is 0.667. The molecule has 57 heavy (non-hydrogen) atoms. The van der Waals surface area contributed by atoms with E-state index in [1.165, 1.54) is 20.2 Å². The van der Waals surface area contributed by atoms with E-state index in [1.807, 2.05) is 54.6 Å². The molecule has 6 nitrogen and oxygen atoms in total. The number of thiophene rings is 2. The molecule has 7 aromatic carbocycles. The van der Waals surface area contributed by atoms with E-state index in [0.717, 1.165) is 70.2 Å². The van der Waals surface area contributed by atoms with Gasteiger partial charge < -0.3 is 4.42 Å². The minimum absolute atomic E-state index is 0.625. The Morgan fingerprint density at radius 1 is 0.386 bits per heavy atom. The smallest absolute Gasteiger partial charge is 0.180 e. The zero-order valence-corrected chi connectivity index (χ0v) is 31.7. The Bertz CT molecular complexity index is 3540. The molecule has 0 N–H and O–H groups in total. The lowest BCUT2D eigenvalue weighted by atomic mass is 10.0. The Balaban J connectivity index is 1.07. The molecule has 0 bridgehead atoms. The normalized spacial score (nSPS) is 11.9. The van der Waals surface area contributed by atoms with E-state index in [0.29, 0.717) is 28.9 Å². The van der Waals surface area contributed by atoms with Gasteiger partial charge in [0.25, 0.3) is 0 Å². The number of nitrogens with zero attached hydrogens (tertiary/aromatic N) is 5. The molecule has 0 amide bonds. The van der Waals surface area contributed by atoms with E-state index in [1.54, 1.807) is 22.7 Å². The molecule has 0 radical (unpaired) electrons. The molecule has 5 aromatic heterocycles. The van der Waals surface area contributed by atoms with Gasteiger partial charge in [-0.2, -0.15) is 0 Å². The van der Waals surface area contributed by atoms with Crippen molar-refractivity contribution in [1.29, 1.82) is 0 Å². The first kappa shape index (κ1) is 32.1. The van der Waals surface area contributed by atoms with Crippen molar-refractivity contribution in [1.82, 2.24) is 24.9 Å². The van der Waals surface area contributed by atoms with Crippen LogP contribution in [0.3, 0.4) is 0 Å². The number of aromatic nitrogens is 5. The zero-order valence-electron chi connectivity index (χ0n) is 30.0. The minimum atomic E-state index is 0.625. The summed E-state index contributed by atoms with van der Waals surface area (Å²) in [6, 6.07) is 56.3. The Kier molecular flexibility index (Phi) is 7.17. The van der Waals surface area contributed by atoms with Crippen LogP contribution in [0, 0.1) is 0 Å². The van der Waals surface area contributed by atoms with Crippen molar-refractivity contribution in [2.45, 2.75) is 0 Å². The standard InChI is InChI=1S/C49H27N5OS2/c1-3-13-28(14-4-1)42-44-43(33-18-7-9-22-37(33)55-44)51-49(50-42)36-21-11-19-34-41-35(20-12-24-39(41)57-45(34)36)48-53-46(29-15-5-2-6-16-29)52-47(54-48)30-25-26-32-31-17-8-10-23-38(31)56-40(32)27-30/h1-27H. The first-order valence-corrected chi connectivity index (χ1v) is 20.3. The van der Waals surface area contributed by atoms with Crippen molar-refractivity contribution in [3.05, 3.63) is 164 Å². The van der Waals surface area contributed by atoms with Crippen LogP contribution >= 0.6 is 22.7 Å². The average Bonchev–Trinajstić information content (AvgIpc) is 3.97. The second-order valence-electron chi connectivity index (χ2n) is 14.0. The molecule has 0 spiro atoms. The highest BCUT2D eigenvalue weighted by Crippen LogP contribution is 2.45. The van der Waals surface area contributed by atoms with Gasteiger partial charge in [0.05, 0.1) is 0 Å². The van der Waals surface area contributed by atoms with Crippen molar-refractivity contribution in [2.75, 3.05) is 0 Å². The van der Waals surface area contributed by atoms with E-state index in [9.17, 15) is 0 Å². The highest BCUT2D eigenvalue weighted by atomic mass is 32.1. The fourth-order valence-corrected chi connectivity index (χ4v) is 10.3. The quantitative estimate of drug-likeness (QED) is 0.174. The first-order chi connectivity index (χ1) is 28.2. The SMILES string of the molecule is c1ccc(-c2nc(-c3ccc4c(c3)sc3ccccc34)nc(-c3cccc4sc5c(-c6nc(-c7ccccc7)c7oc8ccccc8c7n6)cccc5c34)n2)cc1. The molecule has 0 atom stereocenters. The van der Waals surface area contributed by atoms with Crippen molar-refractivity contribution in [3.8, 4) is 56.8 Å². The third-order valence-electron chi connectivity index (χ3n) is 10.6. The summed E-state index contributed by atoms with van der Waals surface area (Å²) in [5.74, 6) is 2.54. The summed E-state index contributed by atoms with van der Waals surface area (Å²) in [6.07, 6.45) is 0. The second-order valence-corrected chi connectivity index (χ2v) is 16.1. The summed E-state index contributed by atoms with van der Waals surface area (Å²) in [6.45, 7) is 0. The molecular formula is C49H27N5OS2. The molecule has 8 heteroatoms. The van der Waals surface area contributed by atoms with Crippen LogP contribution in [0.1, 0.15) is 0 Å². The monoisotopic (exact) mass is 765 g/mol. The molecule has 0 saturated carbocycles. The largest absolute Gasteiger partial charge is 0.452 e. The summed E-state index contributed by atoms with van der Waals surface area (Å²) in [4.78, 5) is 25.9. The van der Waals surface area contributed by atoms with Crippen molar-refractivity contribution in [3.63, 3.8) is 0 Å². The lowest BCUT2D eigenvalue weighted by Crippen LogP contribution is -2.00. The van der Waals surface area contributed by atoms with E-state index >= 15 is 0 Å². The van der Waals surface area contributed by atoms with Gasteiger partial charge in [-0.1, -0.05) is 127 Å². The van der Waals surface area contributed by atoms with Crippen LogP contribution in [0.15, 0.2) is 168 Å². The van der Waals surface area contributed by atoms with Gasteiger partial charge in [-0.15, -0.1) is 22.7 Å². The predicted molar refractivity (Wildman–Crippen MR) is 236 cm³/mol. The van der Waals surface area contributed by atoms with Crippen LogP contribution < -0.4 is 0 Å². The molecule has 0 aliphatic heterocycles. The predicted octanol–water partition coefficient (Wildman–Crippen LogP) is 13.6. The van der Waals surface area contributed by atoms with Crippen LogP contribution in [-0.4, -0.2) is 24.9 Å². The highest BCUT2D eigenvalue weighted by Gasteiger charge is 2.22. The van der Waals surface area contributed by atoms with Crippen LogP contribution in [0.25, 0.3) is 119 Å². The zero-order chi connectivity index (χ0) is 37.5. The number of para-hydroxylation sites is 1. The molecule has 266 valence electrons. The molecule has 0 saturated heterocycles. The van der Waals surface area contributed by atoms with Gasteiger partial charge in [0.15, 0.2) is 28.9 Å². The number of fused-ring (bicyclic) bond motifs is 9. The maximum atomic E-state index is 6.41. The van der Waals surface area contributed by atoms with E-state index in [4.69, 9.17) is 29.3 Å². The van der Waals surface area contributed by atoms with Gasteiger partial charge in [0.1, 0.15) is 16.8 Å². The van der Waals surface area contributed by atoms with Crippen LogP contribution in [0.5, 0.6) is 0 Å². The average molecular weight is 766 g/mol. The molecular weight excluding hydrogens is 739 g/mol. The summed E-state index contributed by atoms with van der Waals surface area (Å²) in [5, 5.41) is 5.65. The molecule has 0 fully saturated rings. The van der Waals surface area contributed by atoms with Crippen LogP contribution in [0.4, 0.5) is 0 Å². The van der Waals surface area contributed by atoms with Gasteiger partial charge in [0.2, 0.25) is 0 Å². The summed E-state index contributed by atoms with van der Waals surface area (Å²) >= 11 is 3.53. The Hall–Kier alpha value is -7.13. The molecule has 12 rings (SSSR count). The summed E-state index contributed by atoms with van der Waals surface area (Å²) < 4.78 is 11.1. The summed E-state index contributed by atoms with van der Waals surface area (Å²) in [7, 11) is 0. The first-order valence-electron chi connectivity index (χ1n) is 18.7. The Morgan fingerprint density at radius 2 is 1.02 bits per heavy atom. The van der Waals surface area contributed by atoms with Crippen LogP contribution in [-0.2, 0) is 0 Å². The molecule has 0 unspecified atom stereocenters. The third-order valence-corrected chi connectivity index (χ3v) is 12.9. The van der Waals surface area contributed by atoms with Crippen molar-refractivity contribution < 1.29 is 4.42 Å². The topological polar surface area (TPSA) is 77.6 Å². The molecule has 5 heterocycles. The molecule has 0 aliphatic rings. The Labute approximate surface area is 333 Å². The number of furan rings is 1.